The Kier molecular flexibility index (Phi) is 5.21. The van der Waals surface area contributed by atoms with Gasteiger partial charge in [0.25, 0.3) is 0 Å². The molecule has 0 aliphatic carbocycles. The van der Waals surface area contributed by atoms with Crippen molar-refractivity contribution in [2.45, 2.75) is 36.3 Å². The first kappa shape index (κ1) is 17.7. The molecule has 1 unspecified atom stereocenters. The molecular weight excluding hydrogens is 346 g/mol. The van der Waals surface area contributed by atoms with Gasteiger partial charge in [-0.2, -0.15) is 4.31 Å². The van der Waals surface area contributed by atoms with E-state index >= 15 is 0 Å². The zero-order valence-electron chi connectivity index (χ0n) is 12.6. The van der Waals surface area contributed by atoms with Crippen LogP contribution in [-0.2, 0) is 19.9 Å². The predicted molar refractivity (Wildman–Crippen MR) is 87.4 cm³/mol. The molecular formula is C14H20ClNO4S2. The lowest BCUT2D eigenvalue weighted by Gasteiger charge is -2.21. The van der Waals surface area contributed by atoms with E-state index in [-0.39, 0.29) is 16.5 Å². The van der Waals surface area contributed by atoms with Gasteiger partial charge in [-0.05, 0) is 43.9 Å². The molecule has 1 saturated heterocycles. The van der Waals surface area contributed by atoms with Crippen molar-refractivity contribution in [2.75, 3.05) is 19.3 Å². The zero-order valence-corrected chi connectivity index (χ0v) is 15.0. The maximum Gasteiger partial charge on any atom is 0.244 e. The van der Waals surface area contributed by atoms with Gasteiger partial charge in [0.05, 0.1) is 10.3 Å². The van der Waals surface area contributed by atoms with Crippen LogP contribution < -0.4 is 0 Å². The Balaban J connectivity index is 2.27. The minimum Gasteiger partial charge on any atom is -0.229 e. The summed E-state index contributed by atoms with van der Waals surface area (Å²) in [4.78, 5) is 0.0811. The smallest absolute Gasteiger partial charge is 0.229 e. The Bertz CT molecular complexity index is 759. The second kappa shape index (κ2) is 6.47. The Morgan fingerprint density at radius 2 is 1.82 bits per heavy atom. The van der Waals surface area contributed by atoms with Gasteiger partial charge in [0.1, 0.15) is 14.7 Å². The van der Waals surface area contributed by atoms with Gasteiger partial charge in [0, 0.05) is 19.3 Å². The average Bonchev–Trinajstić information content (AvgIpc) is 2.63. The van der Waals surface area contributed by atoms with Crippen molar-refractivity contribution in [1.82, 2.24) is 4.31 Å². The number of hydrogen-bond donors (Lipinski definition) is 0. The Hall–Kier alpha value is -0.630. The number of hydrogen-bond acceptors (Lipinski definition) is 4. The van der Waals surface area contributed by atoms with Crippen molar-refractivity contribution in [3.8, 4) is 0 Å². The van der Waals surface area contributed by atoms with Gasteiger partial charge in [0.15, 0.2) is 0 Å². The highest BCUT2D eigenvalue weighted by Crippen LogP contribution is 2.28. The summed E-state index contributed by atoms with van der Waals surface area (Å²) in [6.45, 7) is 2.35. The third-order valence-corrected chi connectivity index (χ3v) is 8.01. The first-order valence-corrected chi connectivity index (χ1v) is 10.8. The molecule has 0 N–H and O–H groups in total. The average molecular weight is 366 g/mol. The molecule has 5 nitrogen and oxygen atoms in total. The molecule has 2 rings (SSSR count). The fourth-order valence-corrected chi connectivity index (χ4v) is 5.86. The number of aryl methyl sites for hydroxylation is 1. The van der Waals surface area contributed by atoms with Gasteiger partial charge >= 0.3 is 0 Å². The molecule has 124 valence electrons. The van der Waals surface area contributed by atoms with Crippen LogP contribution in [0.5, 0.6) is 0 Å². The third-order valence-electron chi connectivity index (χ3n) is 3.94. The van der Waals surface area contributed by atoms with E-state index in [1.807, 2.05) is 6.92 Å². The van der Waals surface area contributed by atoms with Gasteiger partial charge in [0.2, 0.25) is 10.0 Å². The zero-order chi connectivity index (χ0) is 16.5. The molecule has 1 heterocycles. The van der Waals surface area contributed by atoms with Crippen LogP contribution in [-0.4, -0.2) is 45.7 Å². The standard InChI is InChI=1S/C14H20ClNO4S2/c1-11-5-6-14(13(15)10-11)22(19,20)16-8-3-4-12(7-9-16)21(2,17)18/h5-6,10,12H,3-4,7-9H2,1-2H3. The Morgan fingerprint density at radius 3 is 2.41 bits per heavy atom. The first-order valence-electron chi connectivity index (χ1n) is 7.07. The van der Waals surface area contributed by atoms with E-state index in [0.29, 0.717) is 25.8 Å². The highest BCUT2D eigenvalue weighted by Gasteiger charge is 2.31. The second-order valence-electron chi connectivity index (χ2n) is 5.72. The van der Waals surface area contributed by atoms with Gasteiger partial charge in [-0.1, -0.05) is 17.7 Å². The molecule has 1 aliphatic heterocycles. The Labute approximate surface area is 137 Å². The number of sulfone groups is 1. The molecule has 1 atom stereocenters. The van der Waals surface area contributed by atoms with Gasteiger partial charge < -0.3 is 0 Å². The van der Waals surface area contributed by atoms with Gasteiger partial charge in [-0.25, -0.2) is 16.8 Å². The van der Waals surface area contributed by atoms with Gasteiger partial charge in [-0.15, -0.1) is 0 Å². The van der Waals surface area contributed by atoms with Crippen LogP contribution in [0.25, 0.3) is 0 Å². The molecule has 0 radical (unpaired) electrons. The van der Waals surface area contributed by atoms with E-state index in [4.69, 9.17) is 11.6 Å². The van der Waals surface area contributed by atoms with E-state index in [2.05, 4.69) is 0 Å². The number of rotatable bonds is 3. The lowest BCUT2D eigenvalue weighted by molar-refractivity contribution is 0.423. The topological polar surface area (TPSA) is 71.5 Å². The van der Waals surface area contributed by atoms with E-state index in [9.17, 15) is 16.8 Å². The van der Waals surface area contributed by atoms with Crippen LogP contribution in [0.15, 0.2) is 23.1 Å². The normalized spacial score (nSPS) is 21.5. The quantitative estimate of drug-likeness (QED) is 0.823. The number of halogens is 1. The molecule has 1 aliphatic rings. The lowest BCUT2D eigenvalue weighted by Crippen LogP contribution is -2.33. The molecule has 1 aromatic carbocycles. The number of nitrogens with zero attached hydrogens (tertiary/aromatic N) is 1. The molecule has 0 saturated carbocycles. The summed E-state index contributed by atoms with van der Waals surface area (Å²) in [6, 6.07) is 4.83. The van der Waals surface area contributed by atoms with Crippen LogP contribution in [0, 0.1) is 6.92 Å². The van der Waals surface area contributed by atoms with E-state index in [0.717, 1.165) is 5.56 Å². The van der Waals surface area contributed by atoms with Crippen molar-refractivity contribution < 1.29 is 16.8 Å². The second-order valence-corrected chi connectivity index (χ2v) is 10.4. The SMILES string of the molecule is Cc1ccc(S(=O)(=O)N2CCCC(S(C)(=O)=O)CC2)c(Cl)c1. The summed E-state index contributed by atoms with van der Waals surface area (Å²) >= 11 is 6.07. The van der Waals surface area contributed by atoms with Crippen molar-refractivity contribution in [1.29, 1.82) is 0 Å². The van der Waals surface area contributed by atoms with Crippen LogP contribution in [0.1, 0.15) is 24.8 Å². The molecule has 1 aromatic rings. The predicted octanol–water partition coefficient (Wildman–Crippen LogP) is 2.24. The minimum atomic E-state index is -3.70. The summed E-state index contributed by atoms with van der Waals surface area (Å²) in [5.74, 6) is 0. The molecule has 8 heteroatoms. The fraction of sp³-hybridized carbons (Fsp3) is 0.571. The van der Waals surface area contributed by atoms with Crippen LogP contribution in [0.4, 0.5) is 0 Å². The van der Waals surface area contributed by atoms with Crippen LogP contribution >= 0.6 is 11.6 Å². The summed E-state index contributed by atoms with van der Waals surface area (Å²) in [7, 11) is -6.84. The van der Waals surface area contributed by atoms with Crippen LogP contribution in [0.3, 0.4) is 0 Å². The molecule has 0 spiro atoms. The van der Waals surface area contributed by atoms with E-state index in [1.54, 1.807) is 12.1 Å². The van der Waals surface area contributed by atoms with Crippen molar-refractivity contribution in [3.05, 3.63) is 28.8 Å². The van der Waals surface area contributed by atoms with Gasteiger partial charge in [-0.3, -0.25) is 0 Å². The van der Waals surface area contributed by atoms with Crippen molar-refractivity contribution in [3.63, 3.8) is 0 Å². The lowest BCUT2D eigenvalue weighted by atomic mass is 10.2. The summed E-state index contributed by atoms with van der Waals surface area (Å²) in [5.41, 5.74) is 0.886. The fourth-order valence-electron chi connectivity index (χ4n) is 2.66. The molecule has 0 amide bonds. The summed E-state index contributed by atoms with van der Waals surface area (Å²) in [5, 5.41) is -0.273. The molecule has 1 fully saturated rings. The minimum absolute atomic E-state index is 0.0811. The van der Waals surface area contributed by atoms with Crippen molar-refractivity contribution in [2.24, 2.45) is 0 Å². The Morgan fingerprint density at radius 1 is 1.14 bits per heavy atom. The van der Waals surface area contributed by atoms with Crippen molar-refractivity contribution >= 4 is 31.5 Å². The van der Waals surface area contributed by atoms with E-state index in [1.165, 1.54) is 16.6 Å². The third kappa shape index (κ3) is 3.82. The number of sulfonamides is 1. The maximum atomic E-state index is 12.7. The monoisotopic (exact) mass is 365 g/mol. The van der Waals surface area contributed by atoms with E-state index < -0.39 is 25.1 Å². The highest BCUT2D eigenvalue weighted by molar-refractivity contribution is 7.91. The highest BCUT2D eigenvalue weighted by atomic mass is 35.5. The number of benzene rings is 1. The first-order chi connectivity index (χ1) is 10.1. The molecule has 22 heavy (non-hydrogen) atoms. The summed E-state index contributed by atoms with van der Waals surface area (Å²) in [6.07, 6.45) is 2.55. The maximum absolute atomic E-state index is 12.7. The van der Waals surface area contributed by atoms with Crippen LogP contribution in [0.2, 0.25) is 5.02 Å². The largest absolute Gasteiger partial charge is 0.244 e. The molecule has 0 bridgehead atoms. The summed E-state index contributed by atoms with van der Waals surface area (Å²) < 4.78 is 50.1. The molecule has 0 aromatic heterocycles.